The average Bonchev–Trinajstić information content (AvgIpc) is 3.04. The smallest absolute Gasteiger partial charge is 0.254 e. The van der Waals surface area contributed by atoms with Crippen LogP contribution < -0.4 is 16.0 Å². The number of fused-ring (bicyclic) bond motifs is 1. The molecule has 0 bridgehead atoms. The predicted octanol–water partition coefficient (Wildman–Crippen LogP) is 2.98. The van der Waals surface area contributed by atoms with Crippen LogP contribution in [-0.2, 0) is 11.3 Å². The van der Waals surface area contributed by atoms with E-state index in [9.17, 15) is 9.59 Å². The van der Waals surface area contributed by atoms with Crippen LogP contribution in [0, 0.1) is 0 Å². The largest absolute Gasteiger partial charge is 0.365 e. The summed E-state index contributed by atoms with van der Waals surface area (Å²) in [5.74, 6) is -0.00593. The van der Waals surface area contributed by atoms with Crippen molar-refractivity contribution in [2.75, 3.05) is 38.6 Å². The summed E-state index contributed by atoms with van der Waals surface area (Å²) < 4.78 is 0. The summed E-state index contributed by atoms with van der Waals surface area (Å²) in [4.78, 5) is 27.7. The van der Waals surface area contributed by atoms with Crippen LogP contribution in [-0.4, -0.2) is 50.4 Å². The molecular weight excluding hydrogens is 380 g/mol. The molecule has 30 heavy (non-hydrogen) atoms. The fraction of sp³-hybridized carbons (Fsp3) is 0.364. The highest BCUT2D eigenvalue weighted by Gasteiger charge is 2.26. The Morgan fingerprint density at radius 3 is 2.67 bits per heavy atom. The Labute approximate surface area is 176 Å². The van der Waals surface area contributed by atoms with Crippen LogP contribution in [0.25, 0.3) is 0 Å². The molecule has 0 radical (unpaired) electrons. The van der Waals surface area contributed by atoms with Crippen molar-refractivity contribution in [3.8, 4) is 0 Å². The van der Waals surface area contributed by atoms with Crippen molar-refractivity contribution < 1.29 is 9.59 Å². The minimum Gasteiger partial charge on any atom is -0.365 e. The first-order chi connectivity index (χ1) is 14.5. The third kappa shape index (κ3) is 5.21. The summed E-state index contributed by atoms with van der Waals surface area (Å²) in [6.07, 6.45) is 1.80. The quantitative estimate of drug-likeness (QED) is 0.492. The van der Waals surface area contributed by atoms with Crippen LogP contribution >= 0.6 is 0 Å². The van der Waals surface area contributed by atoms with E-state index in [-0.39, 0.29) is 18.4 Å². The maximum atomic E-state index is 12.1. The highest BCUT2D eigenvalue weighted by molar-refractivity contribution is 5.99. The van der Waals surface area contributed by atoms with Gasteiger partial charge < -0.3 is 20.9 Å². The molecule has 1 aliphatic heterocycles. The van der Waals surface area contributed by atoms with Gasteiger partial charge in [-0.05, 0) is 55.8 Å². The summed E-state index contributed by atoms with van der Waals surface area (Å²) in [6.45, 7) is 2.11. The van der Waals surface area contributed by atoms with Crippen LogP contribution in [0.5, 0.6) is 0 Å². The van der Waals surface area contributed by atoms with Crippen LogP contribution in [0.1, 0.15) is 28.8 Å². The van der Waals surface area contributed by atoms with Crippen molar-refractivity contribution >= 4 is 28.9 Å². The topological polar surface area (TPSA) is 103 Å². The lowest BCUT2D eigenvalue weighted by Gasteiger charge is -2.18. The van der Waals surface area contributed by atoms with Crippen LogP contribution in [0.15, 0.2) is 52.7 Å². The highest BCUT2D eigenvalue weighted by Crippen LogP contribution is 2.31. The fourth-order valence-corrected chi connectivity index (χ4v) is 3.29. The molecule has 0 saturated carbocycles. The van der Waals surface area contributed by atoms with Gasteiger partial charge in [-0.2, -0.15) is 10.2 Å². The molecule has 0 aliphatic carbocycles. The maximum Gasteiger partial charge on any atom is 0.254 e. The van der Waals surface area contributed by atoms with E-state index in [2.05, 4.69) is 15.5 Å². The minimum absolute atomic E-state index is 0.0119. The van der Waals surface area contributed by atoms with E-state index in [0.29, 0.717) is 36.6 Å². The molecule has 0 saturated heterocycles. The number of carbonyl (C=O) groups is 2. The van der Waals surface area contributed by atoms with Gasteiger partial charge in [0.05, 0.1) is 17.9 Å². The van der Waals surface area contributed by atoms with E-state index in [1.807, 2.05) is 54.4 Å². The Hall–Kier alpha value is -3.26. The maximum absolute atomic E-state index is 12.1. The second kappa shape index (κ2) is 9.98. The molecule has 2 aromatic carbocycles. The van der Waals surface area contributed by atoms with Gasteiger partial charge in [-0.3, -0.25) is 9.59 Å². The van der Waals surface area contributed by atoms with E-state index < -0.39 is 0 Å². The summed E-state index contributed by atoms with van der Waals surface area (Å²) in [7, 11) is 3.65. The third-order valence-corrected chi connectivity index (χ3v) is 5.02. The van der Waals surface area contributed by atoms with Crippen molar-refractivity contribution in [1.82, 2.24) is 10.2 Å². The summed E-state index contributed by atoms with van der Waals surface area (Å²) in [5, 5.41) is 11.6. The Morgan fingerprint density at radius 1 is 1.17 bits per heavy atom. The number of nitrogens with zero attached hydrogens (tertiary/aromatic N) is 4. The normalized spacial score (nSPS) is 13.0. The summed E-state index contributed by atoms with van der Waals surface area (Å²) in [6, 6.07) is 13.0. The molecule has 0 unspecified atom stereocenters. The van der Waals surface area contributed by atoms with Crippen molar-refractivity contribution in [1.29, 1.82) is 0 Å². The molecular formula is C22H28N6O2. The lowest BCUT2D eigenvalue weighted by molar-refractivity contribution is -0.119. The molecule has 3 N–H and O–H groups in total. The monoisotopic (exact) mass is 408 g/mol. The number of rotatable bonds is 9. The van der Waals surface area contributed by atoms with Crippen LogP contribution in [0.3, 0.4) is 0 Å². The second-order valence-corrected chi connectivity index (χ2v) is 7.38. The number of benzene rings is 2. The predicted molar refractivity (Wildman–Crippen MR) is 117 cm³/mol. The molecule has 0 spiro atoms. The van der Waals surface area contributed by atoms with Crippen molar-refractivity contribution in [2.24, 2.45) is 16.0 Å². The number of nitrogens with one attached hydrogen (secondary N) is 1. The number of carbonyl (C=O) groups excluding carboxylic acids is 2. The average molecular weight is 409 g/mol. The molecule has 0 aromatic heterocycles. The molecule has 0 atom stereocenters. The molecule has 1 heterocycles. The third-order valence-electron chi connectivity index (χ3n) is 5.02. The van der Waals surface area contributed by atoms with Gasteiger partial charge in [-0.15, -0.1) is 0 Å². The van der Waals surface area contributed by atoms with Gasteiger partial charge in [0.25, 0.3) is 5.91 Å². The molecule has 158 valence electrons. The zero-order valence-corrected chi connectivity index (χ0v) is 17.5. The number of anilines is 1. The number of azo groups is 1. The Kier molecular flexibility index (Phi) is 7.13. The zero-order chi connectivity index (χ0) is 21.5. The lowest BCUT2D eigenvalue weighted by atomic mass is 10.1. The van der Waals surface area contributed by atoms with E-state index in [1.165, 1.54) is 0 Å². The number of nitrogens with two attached hydrogens (primary N) is 1. The first-order valence-electron chi connectivity index (χ1n) is 10.1. The number of likely N-dealkylation sites (N-methyl/N-ethyl adjacent to an activating group) is 1. The van der Waals surface area contributed by atoms with E-state index in [0.717, 1.165) is 24.1 Å². The van der Waals surface area contributed by atoms with E-state index >= 15 is 0 Å². The lowest BCUT2D eigenvalue weighted by Crippen LogP contribution is -2.35. The van der Waals surface area contributed by atoms with Gasteiger partial charge >= 0.3 is 0 Å². The van der Waals surface area contributed by atoms with Crippen LogP contribution in [0.4, 0.5) is 17.1 Å². The minimum atomic E-state index is -0.0178. The first kappa shape index (κ1) is 21.4. The number of hydrogen-bond donors (Lipinski definition) is 2. The molecule has 8 heteroatoms. The number of hydrogen-bond acceptors (Lipinski definition) is 6. The van der Waals surface area contributed by atoms with Gasteiger partial charge in [-0.25, -0.2) is 0 Å². The number of unbranched alkanes of at least 4 members (excludes halogenated alkanes) is 1. The fourth-order valence-electron chi connectivity index (χ4n) is 3.29. The number of amides is 2. The van der Waals surface area contributed by atoms with Gasteiger partial charge in [0.1, 0.15) is 0 Å². The molecule has 3 rings (SSSR count). The molecule has 2 aromatic rings. The van der Waals surface area contributed by atoms with Crippen molar-refractivity contribution in [3.05, 3.63) is 53.6 Å². The van der Waals surface area contributed by atoms with Crippen molar-refractivity contribution in [2.45, 2.75) is 19.4 Å². The Morgan fingerprint density at radius 2 is 1.93 bits per heavy atom. The van der Waals surface area contributed by atoms with Gasteiger partial charge in [-0.1, -0.05) is 6.07 Å². The summed E-state index contributed by atoms with van der Waals surface area (Å²) in [5.41, 5.74) is 9.37. The molecule has 1 aliphatic rings. The van der Waals surface area contributed by atoms with Gasteiger partial charge in [0, 0.05) is 44.0 Å². The van der Waals surface area contributed by atoms with E-state index in [4.69, 9.17) is 5.73 Å². The standard InChI is InChI=1S/C22H28N6O2/c1-27(15-21(29)24-13-4-3-12-23)17-10-8-16(9-11-17)25-26-20-7-5-6-18-19(20)14-28(2)22(18)30/h5-11H,3-4,12-15,23H2,1-2H3,(H,24,29). The Bertz CT molecular complexity index is 926. The zero-order valence-electron chi connectivity index (χ0n) is 17.5. The second-order valence-electron chi connectivity index (χ2n) is 7.38. The Balaban J connectivity index is 1.59. The van der Waals surface area contributed by atoms with Gasteiger partial charge in [0.15, 0.2) is 0 Å². The van der Waals surface area contributed by atoms with Crippen molar-refractivity contribution in [3.63, 3.8) is 0 Å². The van der Waals surface area contributed by atoms with Gasteiger partial charge in [0.2, 0.25) is 5.91 Å². The first-order valence-corrected chi connectivity index (χ1v) is 10.1. The molecule has 8 nitrogen and oxygen atoms in total. The van der Waals surface area contributed by atoms with Crippen LogP contribution in [0.2, 0.25) is 0 Å². The SMILES string of the molecule is CN1Cc2c(N=Nc3ccc(N(C)CC(=O)NCCCCN)cc3)cccc2C1=O. The van der Waals surface area contributed by atoms with E-state index in [1.54, 1.807) is 11.9 Å². The molecule has 2 amide bonds. The summed E-state index contributed by atoms with van der Waals surface area (Å²) >= 11 is 0. The molecule has 0 fully saturated rings. The highest BCUT2D eigenvalue weighted by atomic mass is 16.2.